The molecule has 0 N–H and O–H groups in total. The van der Waals surface area contributed by atoms with Crippen LogP contribution in [0.5, 0.6) is 0 Å². The van der Waals surface area contributed by atoms with E-state index in [1.807, 2.05) is 0 Å². The van der Waals surface area contributed by atoms with Crippen LogP contribution >= 0.6 is 0 Å². The zero-order valence-electron chi connectivity index (χ0n) is 24.7. The monoisotopic (exact) mass is 512 g/mol. The van der Waals surface area contributed by atoms with Crippen molar-refractivity contribution < 1.29 is 0 Å². The van der Waals surface area contributed by atoms with Crippen molar-refractivity contribution in [1.82, 2.24) is 0 Å². The Morgan fingerprint density at radius 1 is 0.395 bits per heavy atom. The van der Waals surface area contributed by atoms with Crippen LogP contribution in [0.25, 0.3) is 0 Å². The number of hydrogen-bond donors (Lipinski definition) is 0. The van der Waals surface area contributed by atoms with E-state index in [0.717, 1.165) is 0 Å². The lowest BCUT2D eigenvalue weighted by atomic mass is 10.1. The van der Waals surface area contributed by atoms with Gasteiger partial charge in [0.2, 0.25) is 0 Å². The predicted octanol–water partition coefficient (Wildman–Crippen LogP) is 11.3. The lowest BCUT2D eigenvalue weighted by Gasteiger charge is -2.28. The van der Waals surface area contributed by atoms with Gasteiger partial charge in [-0.15, -0.1) is 0 Å². The highest BCUT2D eigenvalue weighted by Gasteiger charge is 2.14. The fourth-order valence-corrected chi connectivity index (χ4v) is 5.18. The van der Waals surface area contributed by atoms with E-state index in [0.29, 0.717) is 0 Å². The van der Waals surface area contributed by atoms with Crippen LogP contribution in [0, 0.1) is 13.8 Å². The molecule has 2 heteroatoms. The Morgan fingerprint density at radius 3 is 1.11 bits per heavy atom. The van der Waals surface area contributed by atoms with Crippen molar-refractivity contribution in [3.8, 4) is 0 Å². The van der Waals surface area contributed by atoms with E-state index in [4.69, 9.17) is 0 Å². The molecule has 0 fully saturated rings. The van der Waals surface area contributed by atoms with Gasteiger partial charge in [-0.2, -0.15) is 0 Å². The summed E-state index contributed by atoms with van der Waals surface area (Å²) in [5.41, 5.74) is 7.54. The van der Waals surface area contributed by atoms with Gasteiger partial charge >= 0.3 is 0 Å². The molecule has 0 aliphatic rings. The van der Waals surface area contributed by atoms with Crippen molar-refractivity contribution in [2.24, 2.45) is 0 Å². The Bertz CT molecular complexity index is 943. The van der Waals surface area contributed by atoms with Crippen LogP contribution in [-0.4, -0.2) is 13.1 Å². The van der Waals surface area contributed by atoms with Crippen LogP contribution in [0.1, 0.15) is 102 Å². The maximum Gasteiger partial charge on any atom is 0.0463 e. The van der Waals surface area contributed by atoms with Crippen LogP contribution in [0.3, 0.4) is 0 Å². The maximum atomic E-state index is 2.64. The molecule has 0 aliphatic heterocycles. The first-order chi connectivity index (χ1) is 18.6. The Kier molecular flexibility index (Phi) is 13.3. The standard InChI is InChI=1S/C36H52N2/c1-5-7-9-11-13-15-29-37(30-16-14-12-10-8-6-2)33-25-27-36(28-26-33)38(34-21-17-31(3)18-22-34)35-23-19-32(4)20-24-35/h17-28H,5-16,29-30H2,1-4H3. The average molecular weight is 513 g/mol. The number of unbranched alkanes of at least 4 members (excludes halogenated alkanes) is 10. The minimum atomic E-state index is 1.17. The highest BCUT2D eigenvalue weighted by atomic mass is 15.1. The molecule has 0 saturated heterocycles. The van der Waals surface area contributed by atoms with Crippen LogP contribution in [-0.2, 0) is 0 Å². The van der Waals surface area contributed by atoms with Gasteiger partial charge in [0, 0.05) is 35.8 Å². The Labute approximate surface area is 234 Å². The molecule has 0 atom stereocenters. The molecule has 0 unspecified atom stereocenters. The van der Waals surface area contributed by atoms with Gasteiger partial charge in [0.15, 0.2) is 0 Å². The molecule has 0 amide bonds. The first-order valence-corrected chi connectivity index (χ1v) is 15.4. The molecule has 2 nitrogen and oxygen atoms in total. The molecule has 0 bridgehead atoms. The van der Waals surface area contributed by atoms with E-state index in [9.17, 15) is 0 Å². The van der Waals surface area contributed by atoms with Gasteiger partial charge in [-0.3, -0.25) is 0 Å². The molecule has 206 valence electrons. The number of rotatable bonds is 18. The number of hydrogen-bond acceptors (Lipinski definition) is 2. The van der Waals surface area contributed by atoms with E-state index in [1.165, 1.54) is 124 Å². The number of aryl methyl sites for hydroxylation is 2. The van der Waals surface area contributed by atoms with Crippen molar-refractivity contribution in [3.63, 3.8) is 0 Å². The zero-order valence-corrected chi connectivity index (χ0v) is 24.7. The molecule has 3 aromatic carbocycles. The fourth-order valence-electron chi connectivity index (χ4n) is 5.18. The second-order valence-electron chi connectivity index (χ2n) is 11.0. The maximum absolute atomic E-state index is 2.64. The molecule has 38 heavy (non-hydrogen) atoms. The second-order valence-corrected chi connectivity index (χ2v) is 11.0. The Hall–Kier alpha value is -2.74. The molecular weight excluding hydrogens is 460 g/mol. The van der Waals surface area contributed by atoms with Gasteiger partial charge < -0.3 is 9.80 Å². The fraction of sp³-hybridized carbons (Fsp3) is 0.500. The zero-order chi connectivity index (χ0) is 27.0. The molecule has 0 aliphatic carbocycles. The lowest BCUT2D eigenvalue weighted by Crippen LogP contribution is -2.25. The summed E-state index contributed by atoms with van der Waals surface area (Å²) < 4.78 is 0. The van der Waals surface area contributed by atoms with Crippen LogP contribution in [0.15, 0.2) is 72.8 Å². The summed E-state index contributed by atoms with van der Waals surface area (Å²) in [4.78, 5) is 5.01. The molecule has 0 saturated carbocycles. The van der Waals surface area contributed by atoms with Crippen LogP contribution < -0.4 is 9.80 Å². The minimum absolute atomic E-state index is 1.17. The molecule has 0 aromatic heterocycles. The van der Waals surface area contributed by atoms with Gasteiger partial charge in [-0.25, -0.2) is 0 Å². The summed E-state index contributed by atoms with van der Waals surface area (Å²) >= 11 is 0. The summed E-state index contributed by atoms with van der Waals surface area (Å²) in [6, 6.07) is 27.0. The largest absolute Gasteiger partial charge is 0.372 e. The van der Waals surface area contributed by atoms with Crippen LogP contribution in [0.2, 0.25) is 0 Å². The van der Waals surface area contributed by atoms with Crippen molar-refractivity contribution in [2.45, 2.75) is 105 Å². The average Bonchev–Trinajstić information content (AvgIpc) is 2.94. The minimum Gasteiger partial charge on any atom is -0.372 e. The van der Waals surface area contributed by atoms with Crippen molar-refractivity contribution in [3.05, 3.63) is 83.9 Å². The first kappa shape index (κ1) is 29.8. The second kappa shape index (κ2) is 17.0. The predicted molar refractivity (Wildman–Crippen MR) is 170 cm³/mol. The Balaban J connectivity index is 1.74. The molecule has 0 heterocycles. The Morgan fingerprint density at radius 2 is 0.711 bits per heavy atom. The summed E-state index contributed by atoms with van der Waals surface area (Å²) in [5, 5.41) is 0. The normalized spacial score (nSPS) is 11.1. The van der Waals surface area contributed by atoms with Crippen molar-refractivity contribution in [1.29, 1.82) is 0 Å². The van der Waals surface area contributed by atoms with E-state index < -0.39 is 0 Å². The molecule has 3 rings (SSSR count). The number of anilines is 4. The molecule has 0 spiro atoms. The van der Waals surface area contributed by atoms with E-state index in [2.05, 4.69) is 110 Å². The van der Waals surface area contributed by atoms with E-state index in [-0.39, 0.29) is 0 Å². The first-order valence-electron chi connectivity index (χ1n) is 15.4. The summed E-state index contributed by atoms with van der Waals surface area (Å²) in [6.07, 6.45) is 16.2. The third kappa shape index (κ3) is 9.86. The van der Waals surface area contributed by atoms with Crippen LogP contribution in [0.4, 0.5) is 22.7 Å². The molecule has 3 aromatic rings. The SMILES string of the molecule is CCCCCCCCN(CCCCCCCC)c1ccc(N(c2ccc(C)cc2)c2ccc(C)cc2)cc1. The highest BCUT2D eigenvalue weighted by Crippen LogP contribution is 2.35. The van der Waals surface area contributed by atoms with Gasteiger partial charge in [0.25, 0.3) is 0 Å². The van der Waals surface area contributed by atoms with Gasteiger partial charge in [0.1, 0.15) is 0 Å². The van der Waals surface area contributed by atoms with E-state index in [1.54, 1.807) is 0 Å². The smallest absolute Gasteiger partial charge is 0.0463 e. The van der Waals surface area contributed by atoms with Crippen molar-refractivity contribution in [2.75, 3.05) is 22.9 Å². The van der Waals surface area contributed by atoms with Gasteiger partial charge in [-0.1, -0.05) is 113 Å². The summed E-state index contributed by atoms with van der Waals surface area (Å²) in [6.45, 7) is 11.2. The quantitative estimate of drug-likeness (QED) is 0.156. The lowest BCUT2D eigenvalue weighted by molar-refractivity contribution is 0.575. The van der Waals surface area contributed by atoms with Crippen molar-refractivity contribution >= 4 is 22.7 Å². The summed E-state index contributed by atoms with van der Waals surface area (Å²) in [7, 11) is 0. The third-order valence-corrected chi connectivity index (χ3v) is 7.62. The van der Waals surface area contributed by atoms with Gasteiger partial charge in [0.05, 0.1) is 0 Å². The highest BCUT2D eigenvalue weighted by molar-refractivity contribution is 5.77. The number of benzene rings is 3. The van der Waals surface area contributed by atoms with Gasteiger partial charge in [-0.05, 0) is 75.2 Å². The topological polar surface area (TPSA) is 6.48 Å². The third-order valence-electron chi connectivity index (χ3n) is 7.62. The summed E-state index contributed by atoms with van der Waals surface area (Å²) in [5.74, 6) is 0. The molecular formula is C36H52N2. The van der Waals surface area contributed by atoms with E-state index >= 15 is 0 Å². The molecule has 0 radical (unpaired) electrons. The number of nitrogens with zero attached hydrogens (tertiary/aromatic N) is 2.